The highest BCUT2D eigenvalue weighted by Gasteiger charge is 2.25. The van der Waals surface area contributed by atoms with Gasteiger partial charge in [0.05, 0.1) is 6.04 Å². The molecule has 0 spiro atoms. The van der Waals surface area contributed by atoms with E-state index in [1.165, 1.54) is 32.1 Å². The maximum atomic E-state index is 5.41. The largest absolute Gasteiger partial charge is 0.338 e. The first-order valence-electron chi connectivity index (χ1n) is 7.81. The fourth-order valence-corrected chi connectivity index (χ4v) is 2.87. The molecule has 4 heteroatoms. The molecule has 19 heavy (non-hydrogen) atoms. The van der Waals surface area contributed by atoms with Crippen molar-refractivity contribution < 1.29 is 4.52 Å². The van der Waals surface area contributed by atoms with Gasteiger partial charge < -0.3 is 9.84 Å². The number of aromatic nitrogens is 2. The maximum absolute atomic E-state index is 5.41. The van der Waals surface area contributed by atoms with E-state index in [9.17, 15) is 0 Å². The van der Waals surface area contributed by atoms with Gasteiger partial charge in [0.15, 0.2) is 5.82 Å². The van der Waals surface area contributed by atoms with E-state index < -0.39 is 0 Å². The Morgan fingerprint density at radius 2 is 2.00 bits per heavy atom. The molecule has 1 aliphatic rings. The van der Waals surface area contributed by atoms with Crippen molar-refractivity contribution in [3.05, 3.63) is 11.7 Å². The van der Waals surface area contributed by atoms with Crippen molar-refractivity contribution in [2.45, 2.75) is 71.3 Å². The normalized spacial score (nSPS) is 25.4. The van der Waals surface area contributed by atoms with Gasteiger partial charge in [-0.15, -0.1) is 0 Å². The standard InChI is InChI=1S/C15H27N3O/c1-4-10-16-11(3)15-17-14(18-19-15)13-8-6-12(5-2)7-9-13/h11-13,16H,4-10H2,1-3H3. The topological polar surface area (TPSA) is 51.0 Å². The summed E-state index contributed by atoms with van der Waals surface area (Å²) in [5.74, 6) is 3.09. The van der Waals surface area contributed by atoms with E-state index >= 15 is 0 Å². The fourth-order valence-electron chi connectivity index (χ4n) is 2.87. The molecule has 1 N–H and O–H groups in total. The highest BCUT2D eigenvalue weighted by atomic mass is 16.5. The lowest BCUT2D eigenvalue weighted by Gasteiger charge is -2.25. The Morgan fingerprint density at radius 3 is 2.63 bits per heavy atom. The van der Waals surface area contributed by atoms with E-state index in [1.807, 2.05) is 0 Å². The van der Waals surface area contributed by atoms with Crippen LogP contribution in [0, 0.1) is 5.92 Å². The summed E-state index contributed by atoms with van der Waals surface area (Å²) in [6, 6.07) is 0.160. The first-order valence-corrected chi connectivity index (χ1v) is 7.81. The molecule has 1 atom stereocenters. The molecule has 1 unspecified atom stereocenters. The Kier molecular flexibility index (Phi) is 5.37. The van der Waals surface area contributed by atoms with Crippen LogP contribution < -0.4 is 5.32 Å². The van der Waals surface area contributed by atoms with Crippen LogP contribution in [0.25, 0.3) is 0 Å². The van der Waals surface area contributed by atoms with Crippen LogP contribution in [0.15, 0.2) is 4.52 Å². The van der Waals surface area contributed by atoms with Gasteiger partial charge in [-0.1, -0.05) is 25.4 Å². The Balaban J connectivity index is 1.90. The number of hydrogen-bond acceptors (Lipinski definition) is 4. The van der Waals surface area contributed by atoms with Crippen molar-refractivity contribution in [2.75, 3.05) is 6.54 Å². The van der Waals surface area contributed by atoms with Crippen LogP contribution in [0.5, 0.6) is 0 Å². The molecule has 0 aromatic carbocycles. The van der Waals surface area contributed by atoms with E-state index in [2.05, 4.69) is 36.2 Å². The van der Waals surface area contributed by atoms with Crippen molar-refractivity contribution in [3.8, 4) is 0 Å². The first kappa shape index (κ1) is 14.5. The second-order valence-corrected chi connectivity index (χ2v) is 5.79. The third-order valence-electron chi connectivity index (χ3n) is 4.32. The van der Waals surface area contributed by atoms with Crippen molar-refractivity contribution in [1.29, 1.82) is 0 Å². The molecule has 0 amide bonds. The average Bonchev–Trinajstić information content (AvgIpc) is 2.94. The molecular formula is C15H27N3O. The summed E-state index contributed by atoms with van der Waals surface area (Å²) in [4.78, 5) is 4.60. The van der Waals surface area contributed by atoms with E-state index in [1.54, 1.807) is 0 Å². The summed E-state index contributed by atoms with van der Waals surface area (Å²) < 4.78 is 5.41. The zero-order valence-electron chi connectivity index (χ0n) is 12.5. The second kappa shape index (κ2) is 7.04. The predicted octanol–water partition coefficient (Wildman–Crippen LogP) is 3.81. The summed E-state index contributed by atoms with van der Waals surface area (Å²) in [6.07, 6.45) is 7.49. The first-order chi connectivity index (χ1) is 9.24. The molecular weight excluding hydrogens is 238 g/mol. The van der Waals surface area contributed by atoms with Gasteiger partial charge in [0.2, 0.25) is 5.89 Å². The molecule has 1 fully saturated rings. The summed E-state index contributed by atoms with van der Waals surface area (Å²) in [6.45, 7) is 7.52. The van der Waals surface area contributed by atoms with E-state index in [4.69, 9.17) is 4.52 Å². The fraction of sp³-hybridized carbons (Fsp3) is 0.867. The average molecular weight is 265 g/mol. The van der Waals surface area contributed by atoms with Crippen molar-refractivity contribution in [2.24, 2.45) is 5.92 Å². The van der Waals surface area contributed by atoms with Crippen LogP contribution in [0.1, 0.15) is 83.0 Å². The number of hydrogen-bond donors (Lipinski definition) is 1. The lowest BCUT2D eigenvalue weighted by Crippen LogP contribution is -2.19. The van der Waals surface area contributed by atoms with E-state index in [-0.39, 0.29) is 6.04 Å². The second-order valence-electron chi connectivity index (χ2n) is 5.79. The molecule has 0 radical (unpaired) electrons. The van der Waals surface area contributed by atoms with Gasteiger partial charge in [-0.2, -0.15) is 4.98 Å². The Labute approximate surface area is 116 Å². The Morgan fingerprint density at radius 1 is 1.26 bits per heavy atom. The van der Waals surface area contributed by atoms with Crippen LogP contribution >= 0.6 is 0 Å². The molecule has 0 aliphatic heterocycles. The molecule has 1 heterocycles. The van der Waals surface area contributed by atoms with Crippen LogP contribution in [-0.2, 0) is 0 Å². The summed E-state index contributed by atoms with van der Waals surface area (Å²) in [5.41, 5.74) is 0. The third kappa shape index (κ3) is 3.78. The van der Waals surface area contributed by atoms with Gasteiger partial charge in [0.1, 0.15) is 0 Å². The van der Waals surface area contributed by atoms with Crippen LogP contribution in [0.3, 0.4) is 0 Å². The van der Waals surface area contributed by atoms with Crippen LogP contribution in [-0.4, -0.2) is 16.7 Å². The molecule has 1 aromatic rings. The van der Waals surface area contributed by atoms with Gasteiger partial charge in [-0.05, 0) is 51.5 Å². The summed E-state index contributed by atoms with van der Waals surface area (Å²) >= 11 is 0. The highest BCUT2D eigenvalue weighted by Crippen LogP contribution is 2.35. The molecule has 1 aromatic heterocycles. The third-order valence-corrected chi connectivity index (χ3v) is 4.32. The molecule has 2 rings (SSSR count). The highest BCUT2D eigenvalue weighted by molar-refractivity contribution is 4.99. The van der Waals surface area contributed by atoms with Gasteiger partial charge in [-0.3, -0.25) is 0 Å². The summed E-state index contributed by atoms with van der Waals surface area (Å²) in [7, 11) is 0. The SMILES string of the molecule is CCCNC(C)c1nc(C2CCC(CC)CC2)no1. The smallest absolute Gasteiger partial charge is 0.243 e. The molecule has 108 valence electrons. The molecule has 4 nitrogen and oxygen atoms in total. The minimum Gasteiger partial charge on any atom is -0.338 e. The zero-order chi connectivity index (χ0) is 13.7. The zero-order valence-corrected chi connectivity index (χ0v) is 12.5. The predicted molar refractivity (Wildman–Crippen MR) is 76.0 cm³/mol. The number of nitrogens with zero attached hydrogens (tertiary/aromatic N) is 2. The van der Waals surface area contributed by atoms with Crippen molar-refractivity contribution in [1.82, 2.24) is 15.5 Å². The minimum absolute atomic E-state index is 0.160. The number of nitrogens with one attached hydrogen (secondary N) is 1. The van der Waals surface area contributed by atoms with Gasteiger partial charge in [0.25, 0.3) is 0 Å². The minimum atomic E-state index is 0.160. The van der Waals surface area contributed by atoms with Gasteiger partial charge >= 0.3 is 0 Å². The Bertz CT molecular complexity index is 369. The maximum Gasteiger partial charge on any atom is 0.243 e. The summed E-state index contributed by atoms with van der Waals surface area (Å²) in [5, 5.41) is 7.58. The van der Waals surface area contributed by atoms with Crippen molar-refractivity contribution in [3.63, 3.8) is 0 Å². The Hall–Kier alpha value is -0.900. The van der Waals surface area contributed by atoms with Crippen LogP contribution in [0.4, 0.5) is 0 Å². The molecule has 1 saturated carbocycles. The van der Waals surface area contributed by atoms with Gasteiger partial charge in [0, 0.05) is 5.92 Å². The molecule has 1 aliphatic carbocycles. The lowest BCUT2D eigenvalue weighted by atomic mass is 9.80. The van der Waals surface area contributed by atoms with Crippen LogP contribution in [0.2, 0.25) is 0 Å². The van der Waals surface area contributed by atoms with Gasteiger partial charge in [-0.25, -0.2) is 0 Å². The van der Waals surface area contributed by atoms with E-state index in [0.717, 1.165) is 30.6 Å². The lowest BCUT2D eigenvalue weighted by molar-refractivity contribution is 0.299. The van der Waals surface area contributed by atoms with Crippen molar-refractivity contribution >= 4 is 0 Å². The quantitative estimate of drug-likeness (QED) is 0.849. The van der Waals surface area contributed by atoms with E-state index in [0.29, 0.717) is 5.92 Å². The monoisotopic (exact) mass is 265 g/mol. The molecule has 0 bridgehead atoms. The number of rotatable bonds is 6. The molecule has 0 saturated heterocycles.